The maximum atomic E-state index is 12.1. The lowest BCUT2D eigenvalue weighted by atomic mass is 10.2. The molecule has 0 aliphatic heterocycles. The normalized spacial score (nSPS) is 16.8. The molecule has 3 N–H and O–H groups in total. The minimum Gasteiger partial charge on any atom is -0.397 e. The summed E-state index contributed by atoms with van der Waals surface area (Å²) in [5.41, 5.74) is 7.08. The lowest BCUT2D eigenvalue weighted by molar-refractivity contribution is 0.0926. The van der Waals surface area contributed by atoms with Gasteiger partial charge in [0.25, 0.3) is 5.91 Å². The molecule has 1 heterocycles. The van der Waals surface area contributed by atoms with E-state index in [4.69, 9.17) is 5.73 Å². The van der Waals surface area contributed by atoms with Gasteiger partial charge >= 0.3 is 0 Å². The van der Waals surface area contributed by atoms with Crippen molar-refractivity contribution < 1.29 is 4.79 Å². The molecule has 1 unspecified atom stereocenters. The van der Waals surface area contributed by atoms with Gasteiger partial charge in [-0.05, 0) is 38.2 Å². The first kappa shape index (κ1) is 12.0. The molecule has 0 spiro atoms. The van der Waals surface area contributed by atoms with Crippen molar-refractivity contribution in [2.45, 2.75) is 45.7 Å². The Kier molecular flexibility index (Phi) is 3.41. The highest BCUT2D eigenvalue weighted by Gasteiger charge is 2.29. The number of rotatable bonds is 5. The molecule has 1 fully saturated rings. The van der Waals surface area contributed by atoms with E-state index < -0.39 is 0 Å². The Morgan fingerprint density at radius 1 is 1.65 bits per heavy atom. The summed E-state index contributed by atoms with van der Waals surface area (Å²) in [7, 11) is 0. The number of nitrogens with two attached hydrogens (primary N) is 1. The number of amides is 1. The third-order valence-electron chi connectivity index (χ3n) is 3.30. The molecule has 4 nitrogen and oxygen atoms in total. The van der Waals surface area contributed by atoms with Crippen LogP contribution in [0.4, 0.5) is 5.69 Å². The minimum atomic E-state index is -0.00505. The second kappa shape index (κ2) is 4.82. The molecule has 17 heavy (non-hydrogen) atoms. The number of nitrogen functional groups attached to an aromatic ring is 1. The molecule has 0 bridgehead atoms. The first-order chi connectivity index (χ1) is 8.11. The highest BCUT2D eigenvalue weighted by Crippen LogP contribution is 2.32. The third-order valence-corrected chi connectivity index (χ3v) is 3.30. The molecule has 1 amide bonds. The monoisotopic (exact) mass is 235 g/mol. The molecule has 1 aliphatic rings. The van der Waals surface area contributed by atoms with Gasteiger partial charge in [0, 0.05) is 18.8 Å². The van der Waals surface area contributed by atoms with Crippen LogP contribution in [0.15, 0.2) is 12.3 Å². The fourth-order valence-corrected chi connectivity index (χ4v) is 2.14. The Hall–Kier alpha value is -1.45. The zero-order valence-electron chi connectivity index (χ0n) is 10.6. The van der Waals surface area contributed by atoms with Gasteiger partial charge in [0.2, 0.25) is 0 Å². The van der Waals surface area contributed by atoms with Crippen LogP contribution in [0.25, 0.3) is 0 Å². The maximum Gasteiger partial charge on any atom is 0.268 e. The molecular weight excluding hydrogens is 214 g/mol. The number of carbonyl (C=O) groups excluding carboxylic acids is 1. The Bertz CT molecular complexity index is 407. The van der Waals surface area contributed by atoms with E-state index in [1.54, 1.807) is 6.07 Å². The predicted octanol–water partition coefficient (Wildman–Crippen LogP) is 2.01. The van der Waals surface area contributed by atoms with Crippen LogP contribution >= 0.6 is 0 Å². The summed E-state index contributed by atoms with van der Waals surface area (Å²) in [4.78, 5) is 12.1. The molecule has 2 rings (SSSR count). The molecule has 0 saturated heterocycles. The summed E-state index contributed by atoms with van der Waals surface area (Å²) < 4.78 is 1.93. The number of aromatic nitrogens is 1. The van der Waals surface area contributed by atoms with Crippen LogP contribution < -0.4 is 11.1 Å². The quantitative estimate of drug-likeness (QED) is 0.820. The van der Waals surface area contributed by atoms with Gasteiger partial charge in [-0.1, -0.05) is 6.92 Å². The SMILES string of the molecule is CCCn1cc(N)cc1C(=O)NC(C)C1CC1. The molecule has 1 aliphatic carbocycles. The largest absolute Gasteiger partial charge is 0.397 e. The summed E-state index contributed by atoms with van der Waals surface area (Å²) in [5.74, 6) is 0.667. The van der Waals surface area contributed by atoms with Crippen molar-refractivity contribution >= 4 is 11.6 Å². The fraction of sp³-hybridized carbons (Fsp3) is 0.615. The topological polar surface area (TPSA) is 60.0 Å². The first-order valence-corrected chi connectivity index (χ1v) is 6.38. The number of hydrogen-bond acceptors (Lipinski definition) is 2. The van der Waals surface area contributed by atoms with E-state index in [1.807, 2.05) is 10.8 Å². The van der Waals surface area contributed by atoms with Crippen molar-refractivity contribution in [1.82, 2.24) is 9.88 Å². The Morgan fingerprint density at radius 2 is 2.35 bits per heavy atom. The smallest absolute Gasteiger partial charge is 0.268 e. The lowest BCUT2D eigenvalue weighted by Gasteiger charge is -2.14. The molecule has 4 heteroatoms. The Labute approximate surface area is 102 Å². The van der Waals surface area contributed by atoms with Crippen LogP contribution in [0.3, 0.4) is 0 Å². The second-order valence-electron chi connectivity index (χ2n) is 4.95. The summed E-state index contributed by atoms with van der Waals surface area (Å²) in [6.07, 6.45) is 5.30. The zero-order chi connectivity index (χ0) is 12.4. The molecular formula is C13H21N3O. The molecule has 0 radical (unpaired) electrons. The van der Waals surface area contributed by atoms with Crippen molar-refractivity contribution in [3.05, 3.63) is 18.0 Å². The second-order valence-corrected chi connectivity index (χ2v) is 4.95. The number of nitrogens with zero attached hydrogens (tertiary/aromatic N) is 1. The molecule has 1 atom stereocenters. The molecule has 94 valence electrons. The van der Waals surface area contributed by atoms with Crippen LogP contribution in [-0.2, 0) is 6.54 Å². The highest BCUT2D eigenvalue weighted by atomic mass is 16.2. The van der Waals surface area contributed by atoms with Crippen molar-refractivity contribution in [2.24, 2.45) is 5.92 Å². The molecule has 1 saturated carbocycles. The van der Waals surface area contributed by atoms with Crippen molar-refractivity contribution in [3.63, 3.8) is 0 Å². The predicted molar refractivity (Wildman–Crippen MR) is 68.8 cm³/mol. The Balaban J connectivity index is 2.06. The van der Waals surface area contributed by atoms with Crippen LogP contribution in [0.2, 0.25) is 0 Å². The Morgan fingerprint density at radius 3 is 2.94 bits per heavy atom. The summed E-state index contributed by atoms with van der Waals surface area (Å²) in [6.45, 7) is 4.99. The zero-order valence-corrected chi connectivity index (χ0v) is 10.6. The van der Waals surface area contributed by atoms with Gasteiger partial charge in [-0.25, -0.2) is 0 Å². The van der Waals surface area contributed by atoms with Gasteiger partial charge in [0.1, 0.15) is 5.69 Å². The van der Waals surface area contributed by atoms with E-state index in [0.29, 0.717) is 17.3 Å². The van der Waals surface area contributed by atoms with E-state index in [-0.39, 0.29) is 11.9 Å². The van der Waals surface area contributed by atoms with Crippen LogP contribution in [0, 0.1) is 5.92 Å². The number of carbonyl (C=O) groups is 1. The van der Waals surface area contributed by atoms with Crippen LogP contribution in [0.1, 0.15) is 43.6 Å². The van der Waals surface area contributed by atoms with Gasteiger partial charge in [-0.15, -0.1) is 0 Å². The maximum absolute atomic E-state index is 12.1. The van der Waals surface area contributed by atoms with Crippen molar-refractivity contribution in [2.75, 3.05) is 5.73 Å². The molecule has 1 aromatic heterocycles. The summed E-state index contributed by atoms with van der Waals surface area (Å²) >= 11 is 0. The van der Waals surface area contributed by atoms with E-state index in [9.17, 15) is 4.79 Å². The van der Waals surface area contributed by atoms with Gasteiger partial charge in [0.15, 0.2) is 0 Å². The highest BCUT2D eigenvalue weighted by molar-refractivity contribution is 5.94. The average molecular weight is 235 g/mol. The molecule has 1 aromatic rings. The van der Waals surface area contributed by atoms with Gasteiger partial charge in [-0.2, -0.15) is 0 Å². The lowest BCUT2D eigenvalue weighted by Crippen LogP contribution is -2.35. The van der Waals surface area contributed by atoms with E-state index >= 15 is 0 Å². The van der Waals surface area contributed by atoms with Gasteiger partial charge in [0.05, 0.1) is 5.69 Å². The standard InChI is InChI=1S/C13H21N3O/c1-3-6-16-8-11(14)7-12(16)13(17)15-9(2)10-4-5-10/h7-10H,3-6,14H2,1-2H3,(H,15,17). The van der Waals surface area contributed by atoms with E-state index in [2.05, 4.69) is 19.2 Å². The first-order valence-electron chi connectivity index (χ1n) is 6.38. The van der Waals surface area contributed by atoms with Crippen LogP contribution in [0.5, 0.6) is 0 Å². The average Bonchev–Trinajstić information content (AvgIpc) is 3.04. The van der Waals surface area contributed by atoms with Gasteiger partial charge < -0.3 is 15.6 Å². The van der Waals surface area contributed by atoms with Crippen molar-refractivity contribution in [1.29, 1.82) is 0 Å². The number of anilines is 1. The third kappa shape index (κ3) is 2.81. The van der Waals surface area contributed by atoms with E-state index in [1.165, 1.54) is 12.8 Å². The fourth-order valence-electron chi connectivity index (χ4n) is 2.14. The minimum absolute atomic E-state index is 0.00505. The van der Waals surface area contributed by atoms with Gasteiger partial charge in [-0.3, -0.25) is 4.79 Å². The number of nitrogens with one attached hydrogen (secondary N) is 1. The summed E-state index contributed by atoms with van der Waals surface area (Å²) in [5, 5.41) is 3.05. The number of hydrogen-bond donors (Lipinski definition) is 2. The number of aryl methyl sites for hydroxylation is 1. The van der Waals surface area contributed by atoms with E-state index in [0.717, 1.165) is 13.0 Å². The van der Waals surface area contributed by atoms with Crippen LogP contribution in [-0.4, -0.2) is 16.5 Å². The summed E-state index contributed by atoms with van der Waals surface area (Å²) in [6, 6.07) is 2.03. The molecule has 0 aromatic carbocycles. The van der Waals surface area contributed by atoms with Crippen molar-refractivity contribution in [3.8, 4) is 0 Å².